The lowest BCUT2D eigenvalue weighted by molar-refractivity contribution is 0.629. The fourth-order valence-electron chi connectivity index (χ4n) is 6.43. The van der Waals surface area contributed by atoms with E-state index >= 15 is 0 Å². The fourth-order valence-corrected chi connectivity index (χ4v) is 6.43. The van der Waals surface area contributed by atoms with E-state index in [0.29, 0.717) is 0 Å². The molecule has 8 rings (SSSR count). The van der Waals surface area contributed by atoms with Crippen LogP contribution in [0.4, 0.5) is 17.1 Å². The highest BCUT2D eigenvalue weighted by Gasteiger charge is 2.19. The lowest BCUT2D eigenvalue weighted by atomic mass is 9.98. The third kappa shape index (κ3) is 4.87. The Balaban J connectivity index is 1.24. The molecular formula is C43H31NO. The maximum atomic E-state index is 6.30. The first-order valence-corrected chi connectivity index (χ1v) is 15.4. The van der Waals surface area contributed by atoms with Crippen LogP contribution in [0.1, 0.15) is 5.56 Å². The van der Waals surface area contributed by atoms with Crippen molar-refractivity contribution in [3.05, 3.63) is 175 Å². The van der Waals surface area contributed by atoms with Gasteiger partial charge in [-0.05, 0) is 65.4 Å². The molecule has 0 bridgehead atoms. The summed E-state index contributed by atoms with van der Waals surface area (Å²) in [6.07, 6.45) is 0. The summed E-state index contributed by atoms with van der Waals surface area (Å²) in [7, 11) is 0. The molecule has 0 radical (unpaired) electrons. The van der Waals surface area contributed by atoms with E-state index in [1.54, 1.807) is 0 Å². The van der Waals surface area contributed by atoms with Crippen molar-refractivity contribution in [1.82, 2.24) is 0 Å². The predicted molar refractivity (Wildman–Crippen MR) is 189 cm³/mol. The number of furan rings is 1. The molecule has 8 aromatic rings. The van der Waals surface area contributed by atoms with E-state index in [4.69, 9.17) is 4.42 Å². The Bertz CT molecular complexity index is 2270. The highest BCUT2D eigenvalue weighted by Crippen LogP contribution is 2.44. The third-order valence-corrected chi connectivity index (χ3v) is 8.66. The van der Waals surface area contributed by atoms with Gasteiger partial charge in [-0.1, -0.05) is 133 Å². The quantitative estimate of drug-likeness (QED) is 0.195. The second kappa shape index (κ2) is 11.3. The number of hydrogen-bond acceptors (Lipinski definition) is 2. The van der Waals surface area contributed by atoms with Crippen LogP contribution in [0.2, 0.25) is 0 Å². The molecule has 45 heavy (non-hydrogen) atoms. The van der Waals surface area contributed by atoms with E-state index in [1.165, 1.54) is 27.5 Å². The molecule has 0 amide bonds. The van der Waals surface area contributed by atoms with E-state index in [1.807, 2.05) is 12.1 Å². The molecule has 0 aliphatic carbocycles. The minimum absolute atomic E-state index is 0.920. The number of hydrogen-bond donors (Lipinski definition) is 0. The van der Waals surface area contributed by atoms with Gasteiger partial charge < -0.3 is 9.32 Å². The van der Waals surface area contributed by atoms with Gasteiger partial charge >= 0.3 is 0 Å². The highest BCUT2D eigenvalue weighted by molar-refractivity contribution is 6.01. The van der Waals surface area contributed by atoms with Gasteiger partial charge in [-0.2, -0.15) is 0 Å². The van der Waals surface area contributed by atoms with Gasteiger partial charge in [0, 0.05) is 33.2 Å². The van der Waals surface area contributed by atoms with Crippen molar-refractivity contribution in [2.24, 2.45) is 0 Å². The van der Waals surface area contributed by atoms with Crippen LogP contribution in [0.3, 0.4) is 0 Å². The molecule has 0 aliphatic rings. The third-order valence-electron chi connectivity index (χ3n) is 8.66. The van der Waals surface area contributed by atoms with Crippen molar-refractivity contribution < 1.29 is 4.42 Å². The highest BCUT2D eigenvalue weighted by atomic mass is 16.3. The summed E-state index contributed by atoms with van der Waals surface area (Å²) in [6.45, 7) is 2.14. The van der Waals surface area contributed by atoms with Crippen molar-refractivity contribution in [1.29, 1.82) is 0 Å². The second-order valence-corrected chi connectivity index (χ2v) is 11.4. The topological polar surface area (TPSA) is 16.4 Å². The predicted octanol–water partition coefficient (Wildman–Crippen LogP) is 12.4. The van der Waals surface area contributed by atoms with Gasteiger partial charge in [0.1, 0.15) is 11.3 Å². The molecule has 2 nitrogen and oxygen atoms in total. The molecule has 0 fully saturated rings. The number of anilines is 3. The number of para-hydroxylation sites is 2. The zero-order chi connectivity index (χ0) is 30.2. The number of nitrogens with zero attached hydrogens (tertiary/aromatic N) is 1. The minimum Gasteiger partial charge on any atom is -0.456 e. The van der Waals surface area contributed by atoms with E-state index in [-0.39, 0.29) is 0 Å². The smallest absolute Gasteiger partial charge is 0.138 e. The Morgan fingerprint density at radius 1 is 0.444 bits per heavy atom. The Kier molecular flexibility index (Phi) is 6.73. The van der Waals surface area contributed by atoms with Crippen molar-refractivity contribution in [2.75, 3.05) is 4.90 Å². The van der Waals surface area contributed by atoms with Gasteiger partial charge in [0.25, 0.3) is 0 Å². The van der Waals surface area contributed by atoms with Crippen molar-refractivity contribution in [3.63, 3.8) is 0 Å². The molecule has 214 valence electrons. The van der Waals surface area contributed by atoms with E-state index in [2.05, 4.69) is 170 Å². The molecule has 1 heterocycles. The lowest BCUT2D eigenvalue weighted by Gasteiger charge is -2.29. The van der Waals surface area contributed by atoms with Crippen LogP contribution in [0.25, 0.3) is 55.3 Å². The van der Waals surface area contributed by atoms with Gasteiger partial charge in [-0.3, -0.25) is 0 Å². The number of aryl methyl sites for hydroxylation is 1. The second-order valence-electron chi connectivity index (χ2n) is 11.4. The zero-order valence-corrected chi connectivity index (χ0v) is 25.0. The van der Waals surface area contributed by atoms with Crippen molar-refractivity contribution in [2.45, 2.75) is 6.92 Å². The number of benzene rings is 7. The van der Waals surface area contributed by atoms with E-state index in [0.717, 1.165) is 50.5 Å². The molecule has 0 saturated carbocycles. The van der Waals surface area contributed by atoms with Crippen LogP contribution in [-0.2, 0) is 0 Å². The average Bonchev–Trinajstić information content (AvgIpc) is 3.45. The zero-order valence-electron chi connectivity index (χ0n) is 25.0. The van der Waals surface area contributed by atoms with Crippen molar-refractivity contribution >= 4 is 38.8 Å². The van der Waals surface area contributed by atoms with Gasteiger partial charge in [-0.25, -0.2) is 0 Å². The molecule has 0 aliphatic heterocycles. The Hall–Kier alpha value is -5.86. The first kappa shape index (κ1) is 26.7. The summed E-state index contributed by atoms with van der Waals surface area (Å²) < 4.78 is 6.30. The van der Waals surface area contributed by atoms with Gasteiger partial charge in [0.15, 0.2) is 0 Å². The summed E-state index contributed by atoms with van der Waals surface area (Å²) in [5.74, 6) is 0.925. The fraction of sp³-hybridized carbons (Fsp3) is 0.0233. The van der Waals surface area contributed by atoms with Crippen LogP contribution in [-0.4, -0.2) is 0 Å². The first-order valence-electron chi connectivity index (χ1n) is 15.4. The molecule has 0 unspecified atom stereocenters. The van der Waals surface area contributed by atoms with E-state index in [9.17, 15) is 0 Å². The van der Waals surface area contributed by atoms with Crippen LogP contribution >= 0.6 is 0 Å². The largest absolute Gasteiger partial charge is 0.456 e. The molecule has 7 aromatic carbocycles. The standard InChI is InChI=1S/C43H31NO/c1-30-37-19-8-10-24-42(37)45-43(30)35-18-11-17-34(29-35)31-25-27-36(28-26-31)44(41-23-12-16-33-15-5-6-20-39(33)41)40-22-9-7-21-38(40)32-13-3-2-4-14-32/h2-29H,1H3. The van der Waals surface area contributed by atoms with Gasteiger partial charge in [0.05, 0.1) is 11.4 Å². The van der Waals surface area contributed by atoms with Crippen LogP contribution in [0, 0.1) is 6.92 Å². The van der Waals surface area contributed by atoms with Crippen molar-refractivity contribution in [3.8, 4) is 33.6 Å². The lowest BCUT2D eigenvalue weighted by Crippen LogP contribution is -2.11. The molecular weight excluding hydrogens is 546 g/mol. The number of rotatable bonds is 6. The van der Waals surface area contributed by atoms with Crippen LogP contribution in [0.5, 0.6) is 0 Å². The Labute approximate surface area is 263 Å². The van der Waals surface area contributed by atoms with Gasteiger partial charge in [0.2, 0.25) is 0 Å². The molecule has 2 heteroatoms. The van der Waals surface area contributed by atoms with Gasteiger partial charge in [-0.15, -0.1) is 0 Å². The Morgan fingerprint density at radius 3 is 1.91 bits per heavy atom. The molecule has 0 saturated heterocycles. The first-order chi connectivity index (χ1) is 22.2. The molecule has 0 N–H and O–H groups in total. The molecule has 0 spiro atoms. The monoisotopic (exact) mass is 577 g/mol. The summed E-state index contributed by atoms with van der Waals surface area (Å²) >= 11 is 0. The molecule has 0 atom stereocenters. The summed E-state index contributed by atoms with van der Waals surface area (Å²) in [5, 5.41) is 3.58. The van der Waals surface area contributed by atoms with Crippen LogP contribution in [0.15, 0.2) is 174 Å². The minimum atomic E-state index is 0.920. The molecule has 1 aromatic heterocycles. The van der Waals surface area contributed by atoms with Crippen LogP contribution < -0.4 is 4.90 Å². The summed E-state index contributed by atoms with van der Waals surface area (Å²) in [6, 6.07) is 60.3. The van der Waals surface area contributed by atoms with E-state index < -0.39 is 0 Å². The maximum absolute atomic E-state index is 6.30. The summed E-state index contributed by atoms with van der Waals surface area (Å²) in [4.78, 5) is 2.39. The number of fused-ring (bicyclic) bond motifs is 2. The maximum Gasteiger partial charge on any atom is 0.138 e. The average molecular weight is 578 g/mol. The Morgan fingerprint density at radius 2 is 1.07 bits per heavy atom. The normalized spacial score (nSPS) is 11.2. The SMILES string of the molecule is Cc1c(-c2cccc(-c3ccc(N(c4ccccc4-c4ccccc4)c4cccc5ccccc45)cc3)c2)oc2ccccc12. The summed E-state index contributed by atoms with van der Waals surface area (Å²) in [5.41, 5.74) is 11.2.